The first-order valence-corrected chi connectivity index (χ1v) is 12.5. The molecule has 0 bridgehead atoms. The van der Waals surface area contributed by atoms with Crippen LogP contribution in [0, 0.1) is 0 Å². The Morgan fingerprint density at radius 2 is 1.73 bits per heavy atom. The molecule has 7 heteroatoms. The summed E-state index contributed by atoms with van der Waals surface area (Å²) in [7, 11) is 3.23. The third kappa shape index (κ3) is 5.77. The number of rotatable bonds is 9. The van der Waals surface area contributed by atoms with Gasteiger partial charge in [-0.05, 0) is 60.4 Å². The highest BCUT2D eigenvalue weighted by Crippen LogP contribution is 2.31. The van der Waals surface area contributed by atoms with Crippen molar-refractivity contribution in [3.05, 3.63) is 102 Å². The number of fused-ring (bicyclic) bond motifs is 1. The van der Waals surface area contributed by atoms with Gasteiger partial charge in [0.1, 0.15) is 23.0 Å². The van der Waals surface area contributed by atoms with Crippen LogP contribution in [0.3, 0.4) is 0 Å². The number of nitrogens with one attached hydrogen (secondary N) is 1. The van der Waals surface area contributed by atoms with Gasteiger partial charge in [0.05, 0.1) is 14.2 Å². The summed E-state index contributed by atoms with van der Waals surface area (Å²) in [5.41, 5.74) is 2.79. The number of imidazole rings is 1. The maximum Gasteiger partial charge on any atom is 0.271 e. The Morgan fingerprint density at radius 1 is 0.973 bits per heavy atom. The summed E-state index contributed by atoms with van der Waals surface area (Å²) in [6.45, 7) is 1.32. The highest BCUT2D eigenvalue weighted by atomic mass is 16.5. The maximum absolute atomic E-state index is 12.8. The van der Waals surface area contributed by atoms with Crippen molar-refractivity contribution in [3.63, 3.8) is 0 Å². The zero-order valence-corrected chi connectivity index (χ0v) is 21.1. The van der Waals surface area contributed by atoms with Gasteiger partial charge in [0, 0.05) is 31.6 Å². The molecule has 2 heterocycles. The minimum Gasteiger partial charge on any atom is -0.493 e. The van der Waals surface area contributed by atoms with E-state index in [-0.39, 0.29) is 5.91 Å². The lowest BCUT2D eigenvalue weighted by atomic mass is 9.91. The van der Waals surface area contributed by atoms with Gasteiger partial charge >= 0.3 is 0 Å². The minimum atomic E-state index is -0.152. The fraction of sp³-hybridized carbons (Fsp3) is 0.267. The second kappa shape index (κ2) is 11.2. The Kier molecular flexibility index (Phi) is 7.40. The molecule has 1 amide bonds. The van der Waals surface area contributed by atoms with Gasteiger partial charge in [-0.15, -0.1) is 0 Å². The average molecular weight is 498 g/mol. The number of carbonyl (C=O) groups excluding carboxylic acids is 1. The molecule has 1 N–H and O–H groups in total. The van der Waals surface area contributed by atoms with Gasteiger partial charge < -0.3 is 24.1 Å². The Bertz CT molecular complexity index is 1350. The van der Waals surface area contributed by atoms with Gasteiger partial charge in [-0.3, -0.25) is 4.79 Å². The summed E-state index contributed by atoms with van der Waals surface area (Å²) in [5, 5.41) is 2.99. The predicted molar refractivity (Wildman–Crippen MR) is 142 cm³/mol. The van der Waals surface area contributed by atoms with Crippen LogP contribution in [0.1, 0.15) is 39.8 Å². The van der Waals surface area contributed by atoms with Crippen LogP contribution in [-0.2, 0) is 19.4 Å². The van der Waals surface area contributed by atoms with Crippen LogP contribution in [0.4, 0.5) is 0 Å². The SMILES string of the molecule is COc1ccc(CCNC(=O)c2cn3c(n2)CC[C@H](c2ccc(Oc4ccccc4)cc2)C3)cc1OC. The molecule has 1 aromatic heterocycles. The number of aryl methyl sites for hydroxylation is 1. The third-order valence-corrected chi connectivity index (χ3v) is 6.70. The zero-order chi connectivity index (χ0) is 25.6. The predicted octanol–water partition coefficient (Wildman–Crippen LogP) is 5.40. The lowest BCUT2D eigenvalue weighted by molar-refractivity contribution is 0.0949. The van der Waals surface area contributed by atoms with Gasteiger partial charge in [0.15, 0.2) is 11.5 Å². The van der Waals surface area contributed by atoms with Crippen molar-refractivity contribution in [2.45, 2.75) is 31.7 Å². The molecule has 0 saturated heterocycles. The van der Waals surface area contributed by atoms with Gasteiger partial charge in [-0.1, -0.05) is 36.4 Å². The molecule has 4 aromatic rings. The molecule has 0 spiro atoms. The van der Waals surface area contributed by atoms with E-state index in [1.54, 1.807) is 14.2 Å². The average Bonchev–Trinajstić information content (AvgIpc) is 3.38. The van der Waals surface area contributed by atoms with Crippen LogP contribution < -0.4 is 19.5 Å². The van der Waals surface area contributed by atoms with Crippen LogP contribution in [-0.4, -0.2) is 36.2 Å². The smallest absolute Gasteiger partial charge is 0.271 e. The quantitative estimate of drug-likeness (QED) is 0.335. The lowest BCUT2D eigenvalue weighted by Gasteiger charge is -2.24. The number of ether oxygens (including phenoxy) is 3. The van der Waals surface area contributed by atoms with E-state index in [9.17, 15) is 4.79 Å². The Labute approximate surface area is 217 Å². The maximum atomic E-state index is 12.8. The van der Waals surface area contributed by atoms with Crippen molar-refractivity contribution in [1.82, 2.24) is 14.9 Å². The molecule has 3 aromatic carbocycles. The molecule has 0 radical (unpaired) electrons. The number of para-hydroxylation sites is 1. The molecule has 0 unspecified atom stereocenters. The molecule has 0 saturated carbocycles. The fourth-order valence-electron chi connectivity index (χ4n) is 4.71. The molecule has 5 rings (SSSR count). The number of hydrogen-bond acceptors (Lipinski definition) is 5. The Balaban J connectivity index is 1.16. The number of benzene rings is 3. The summed E-state index contributed by atoms with van der Waals surface area (Å²) in [5.74, 6) is 4.20. The van der Waals surface area contributed by atoms with E-state index < -0.39 is 0 Å². The first-order chi connectivity index (χ1) is 18.1. The normalized spacial score (nSPS) is 14.5. The van der Waals surface area contributed by atoms with Gasteiger partial charge in [0.2, 0.25) is 0 Å². The topological polar surface area (TPSA) is 74.6 Å². The third-order valence-electron chi connectivity index (χ3n) is 6.70. The van der Waals surface area contributed by atoms with Crippen LogP contribution in [0.5, 0.6) is 23.0 Å². The monoisotopic (exact) mass is 497 g/mol. The van der Waals surface area contributed by atoms with Gasteiger partial charge in [-0.2, -0.15) is 0 Å². The van der Waals surface area contributed by atoms with Crippen molar-refractivity contribution in [3.8, 4) is 23.0 Å². The second-order valence-electron chi connectivity index (χ2n) is 9.11. The van der Waals surface area contributed by atoms with E-state index in [4.69, 9.17) is 14.2 Å². The first kappa shape index (κ1) is 24.4. The fourth-order valence-corrected chi connectivity index (χ4v) is 4.71. The van der Waals surface area contributed by atoms with E-state index >= 15 is 0 Å². The molecular weight excluding hydrogens is 466 g/mol. The van der Waals surface area contributed by atoms with Gasteiger partial charge in [-0.25, -0.2) is 4.98 Å². The van der Waals surface area contributed by atoms with E-state index in [2.05, 4.69) is 27.0 Å². The molecule has 0 fully saturated rings. The number of amides is 1. The van der Waals surface area contributed by atoms with Gasteiger partial charge in [0.25, 0.3) is 5.91 Å². The molecule has 1 atom stereocenters. The number of aromatic nitrogens is 2. The summed E-state index contributed by atoms with van der Waals surface area (Å²) < 4.78 is 18.7. The summed E-state index contributed by atoms with van der Waals surface area (Å²) >= 11 is 0. The number of hydrogen-bond donors (Lipinski definition) is 1. The number of carbonyl (C=O) groups is 1. The summed E-state index contributed by atoms with van der Waals surface area (Å²) in [6, 6.07) is 23.9. The second-order valence-corrected chi connectivity index (χ2v) is 9.11. The van der Waals surface area contributed by atoms with Crippen molar-refractivity contribution in [1.29, 1.82) is 0 Å². The van der Waals surface area contributed by atoms with Crippen molar-refractivity contribution in [2.75, 3.05) is 20.8 Å². The first-order valence-electron chi connectivity index (χ1n) is 12.5. The minimum absolute atomic E-state index is 0.152. The van der Waals surface area contributed by atoms with Crippen LogP contribution >= 0.6 is 0 Å². The summed E-state index contributed by atoms with van der Waals surface area (Å²) in [4.78, 5) is 17.4. The summed E-state index contributed by atoms with van der Waals surface area (Å²) in [6.07, 6.45) is 4.40. The van der Waals surface area contributed by atoms with Crippen LogP contribution in [0.15, 0.2) is 79.0 Å². The number of nitrogens with zero attached hydrogens (tertiary/aromatic N) is 2. The van der Waals surface area contributed by atoms with Crippen LogP contribution in [0.25, 0.3) is 0 Å². The van der Waals surface area contributed by atoms with E-state index in [1.165, 1.54) is 5.56 Å². The van der Waals surface area contributed by atoms with E-state index in [1.807, 2.05) is 66.9 Å². The Morgan fingerprint density at radius 3 is 2.49 bits per heavy atom. The zero-order valence-electron chi connectivity index (χ0n) is 21.1. The molecule has 1 aliphatic rings. The highest BCUT2D eigenvalue weighted by Gasteiger charge is 2.23. The van der Waals surface area contributed by atoms with E-state index in [0.717, 1.165) is 42.3 Å². The molecule has 1 aliphatic heterocycles. The number of methoxy groups -OCH3 is 2. The Hall–Kier alpha value is -4.26. The van der Waals surface area contributed by atoms with E-state index in [0.29, 0.717) is 36.1 Å². The molecule has 0 aliphatic carbocycles. The van der Waals surface area contributed by atoms with Crippen LogP contribution in [0.2, 0.25) is 0 Å². The highest BCUT2D eigenvalue weighted by molar-refractivity contribution is 5.92. The molecular formula is C30H31N3O4. The molecule has 190 valence electrons. The molecule has 7 nitrogen and oxygen atoms in total. The molecule has 37 heavy (non-hydrogen) atoms. The van der Waals surface area contributed by atoms with Crippen molar-refractivity contribution in [2.24, 2.45) is 0 Å². The van der Waals surface area contributed by atoms with Crippen molar-refractivity contribution >= 4 is 5.91 Å². The largest absolute Gasteiger partial charge is 0.493 e. The lowest BCUT2D eigenvalue weighted by Crippen LogP contribution is -2.26. The standard InChI is InChI=1S/C30H31N3O4/c1-35-27-14-8-21(18-28(27)36-2)16-17-31-30(34)26-20-33-19-23(11-15-29(33)32-26)22-9-12-25(13-10-22)37-24-6-4-3-5-7-24/h3-10,12-14,18,20,23H,11,15-17,19H2,1-2H3,(H,31,34)/t23-/m0/s1. The van der Waals surface area contributed by atoms with Crippen molar-refractivity contribution < 1.29 is 19.0 Å².